The third-order valence-corrected chi connectivity index (χ3v) is 8.65. The number of rotatable bonds is 7. The van der Waals surface area contributed by atoms with E-state index in [9.17, 15) is 37.1 Å². The number of hydrogen-bond donors (Lipinski definition) is 5. The maximum Gasteiger partial charge on any atom is 0.282 e. The van der Waals surface area contributed by atoms with Crippen molar-refractivity contribution in [3.8, 4) is 5.75 Å². The monoisotopic (exact) mass is 610 g/mol. The van der Waals surface area contributed by atoms with Crippen LogP contribution in [0.25, 0.3) is 0 Å². The molecule has 2 fully saturated rings. The molecule has 0 spiro atoms. The van der Waals surface area contributed by atoms with E-state index in [1.165, 1.54) is 18.0 Å². The van der Waals surface area contributed by atoms with E-state index in [0.717, 1.165) is 17.2 Å². The Balaban J connectivity index is 1.42. The smallest absolute Gasteiger partial charge is 0.282 e. The number of carbonyl (C=O) groups excluding carboxylic acids is 2. The lowest BCUT2D eigenvalue weighted by atomic mass is 9.79. The normalized spacial score (nSPS) is 21.4. The van der Waals surface area contributed by atoms with Gasteiger partial charge in [-0.25, -0.2) is 17.6 Å². The third-order valence-electron chi connectivity index (χ3n) is 7.84. The molecule has 0 unspecified atom stereocenters. The average molecular weight is 611 g/mol. The zero-order valence-electron chi connectivity index (χ0n) is 22.8. The topological polar surface area (TPSA) is 153 Å². The summed E-state index contributed by atoms with van der Waals surface area (Å²) >= 11 is 0.537. The van der Waals surface area contributed by atoms with Crippen molar-refractivity contribution < 1.29 is 32.3 Å². The molecule has 226 valence electrons. The number of benzene rings is 1. The van der Waals surface area contributed by atoms with E-state index in [1.54, 1.807) is 7.05 Å². The fourth-order valence-corrected chi connectivity index (χ4v) is 6.02. The molecule has 1 saturated heterocycles. The maximum absolute atomic E-state index is 13.9. The predicted octanol–water partition coefficient (Wildman–Crippen LogP) is 3.29. The number of thioether (sulfide) groups is 1. The first-order valence-corrected chi connectivity index (χ1v) is 13.9. The number of pyridine rings is 1. The Labute approximate surface area is 242 Å². The van der Waals surface area contributed by atoms with Crippen molar-refractivity contribution in [3.05, 3.63) is 63.1 Å². The molecule has 1 aliphatic heterocycles. The fraction of sp³-hybridized carbons (Fsp3) is 0.444. The van der Waals surface area contributed by atoms with Crippen LogP contribution < -0.4 is 10.7 Å². The van der Waals surface area contributed by atoms with Crippen LogP contribution >= 0.6 is 11.8 Å². The summed E-state index contributed by atoms with van der Waals surface area (Å²) in [6, 6.07) is 2.89. The number of hydrogen-bond acceptors (Lipinski definition) is 8. The molecule has 2 amide bonds. The van der Waals surface area contributed by atoms with Crippen molar-refractivity contribution in [1.29, 1.82) is 10.8 Å². The van der Waals surface area contributed by atoms with Crippen LogP contribution in [0.5, 0.6) is 5.75 Å². The first-order valence-electron chi connectivity index (χ1n) is 13.0. The van der Waals surface area contributed by atoms with E-state index >= 15 is 0 Å². The van der Waals surface area contributed by atoms with Gasteiger partial charge in [0.25, 0.3) is 11.8 Å². The van der Waals surface area contributed by atoms with Crippen molar-refractivity contribution >= 4 is 33.7 Å². The van der Waals surface area contributed by atoms with Crippen LogP contribution in [0.1, 0.15) is 47.3 Å². The molecule has 2 heterocycles. The summed E-state index contributed by atoms with van der Waals surface area (Å²) in [6.45, 7) is -1.19. The molecule has 0 atom stereocenters. The molecule has 4 rings (SSSR count). The minimum atomic E-state index is -2.86. The zero-order chi connectivity index (χ0) is 31.0. The highest BCUT2D eigenvalue weighted by Crippen LogP contribution is 2.38. The molecule has 5 N–H and O–H groups in total. The predicted molar refractivity (Wildman–Crippen MR) is 148 cm³/mol. The minimum absolute atomic E-state index is 0.0291. The number of nitrogens with one attached hydrogen (secondary N) is 4. The fourth-order valence-electron chi connectivity index (χ4n) is 5.29. The van der Waals surface area contributed by atoms with E-state index < -0.39 is 70.1 Å². The molecular weight excluding hydrogens is 580 g/mol. The van der Waals surface area contributed by atoms with Gasteiger partial charge in [-0.2, -0.15) is 0 Å². The third kappa shape index (κ3) is 6.21. The molecule has 10 nitrogen and oxygen atoms in total. The molecular formula is C27H30F4N6O4S. The van der Waals surface area contributed by atoms with Gasteiger partial charge in [0.1, 0.15) is 16.7 Å². The Hall–Kier alpha value is -3.72. The average Bonchev–Trinajstić information content (AvgIpc) is 2.93. The molecule has 1 aromatic heterocycles. The van der Waals surface area contributed by atoms with Crippen LogP contribution in [-0.2, 0) is 11.2 Å². The first-order chi connectivity index (χ1) is 19.7. The number of aromatic hydroxyl groups is 1. The van der Waals surface area contributed by atoms with Gasteiger partial charge >= 0.3 is 0 Å². The number of carbonyl (C=O) groups is 2. The number of nitrogens with zero attached hydrogens (tertiary/aromatic N) is 2. The number of aromatic nitrogens is 1. The quantitative estimate of drug-likeness (QED) is 0.140. The molecule has 1 aliphatic carbocycles. The van der Waals surface area contributed by atoms with Crippen LogP contribution in [0, 0.1) is 28.4 Å². The highest BCUT2D eigenvalue weighted by Gasteiger charge is 2.49. The molecule has 2 aliphatic rings. The second kappa shape index (κ2) is 11.9. The summed E-state index contributed by atoms with van der Waals surface area (Å²) < 4.78 is 53.5. The van der Waals surface area contributed by atoms with Gasteiger partial charge in [-0.05, 0) is 44.4 Å². The molecule has 15 heteroatoms. The summed E-state index contributed by atoms with van der Waals surface area (Å²) in [5.41, 5.74) is -2.69. The summed E-state index contributed by atoms with van der Waals surface area (Å²) in [5, 5.41) is 29.3. The van der Waals surface area contributed by atoms with Crippen molar-refractivity contribution in [1.82, 2.24) is 20.1 Å². The number of H-pyrrole nitrogens is 1. The van der Waals surface area contributed by atoms with Crippen LogP contribution in [-0.4, -0.2) is 80.6 Å². The van der Waals surface area contributed by atoms with E-state index in [2.05, 4.69) is 10.3 Å². The standard InChI is InChI=1S/C27H30F4N6O4S/c1-34-27(7-5-14(6-8-27)24(40)37-12-26(30,31)13-37)36(2)25(41)20-22(39)21(38)17(11-35-20)23(33)42-19(32)9-15-3-4-16(28)10-18(15)29/h3-4,10-11,14,32-34,39H,5-9,12-13H2,1-2H3,(H,35,38). The largest absolute Gasteiger partial charge is 0.503 e. The highest BCUT2D eigenvalue weighted by atomic mass is 32.2. The van der Waals surface area contributed by atoms with Crippen molar-refractivity contribution in [3.63, 3.8) is 0 Å². The van der Waals surface area contributed by atoms with Crippen molar-refractivity contribution in [2.24, 2.45) is 5.92 Å². The second-order valence-corrected chi connectivity index (χ2v) is 11.6. The van der Waals surface area contributed by atoms with Crippen LogP contribution in [0.3, 0.4) is 0 Å². The van der Waals surface area contributed by atoms with Crippen LogP contribution in [0.2, 0.25) is 0 Å². The van der Waals surface area contributed by atoms with Crippen LogP contribution in [0.4, 0.5) is 17.6 Å². The molecule has 0 radical (unpaired) electrons. The lowest BCUT2D eigenvalue weighted by Gasteiger charge is -2.47. The molecule has 1 saturated carbocycles. The lowest BCUT2D eigenvalue weighted by molar-refractivity contribution is -0.171. The summed E-state index contributed by atoms with van der Waals surface area (Å²) in [6.07, 6.45) is 2.11. The minimum Gasteiger partial charge on any atom is -0.503 e. The Morgan fingerprint density at radius 1 is 1.21 bits per heavy atom. The van der Waals surface area contributed by atoms with Gasteiger partial charge < -0.3 is 19.9 Å². The molecule has 2 aromatic rings. The molecule has 1 aromatic carbocycles. The van der Waals surface area contributed by atoms with Gasteiger partial charge in [0.2, 0.25) is 11.3 Å². The van der Waals surface area contributed by atoms with Gasteiger partial charge in [-0.15, -0.1) is 0 Å². The van der Waals surface area contributed by atoms with Crippen LogP contribution in [0.15, 0.2) is 29.2 Å². The first kappa shape index (κ1) is 31.2. The van der Waals surface area contributed by atoms with Gasteiger partial charge in [0.05, 0.1) is 29.4 Å². The second-order valence-electron chi connectivity index (χ2n) is 10.5. The van der Waals surface area contributed by atoms with Gasteiger partial charge in [-0.3, -0.25) is 30.5 Å². The zero-order valence-corrected chi connectivity index (χ0v) is 23.6. The number of amides is 2. The van der Waals surface area contributed by atoms with E-state index in [0.29, 0.717) is 43.5 Å². The highest BCUT2D eigenvalue weighted by molar-refractivity contribution is 8.26. The van der Waals surface area contributed by atoms with Gasteiger partial charge in [-0.1, -0.05) is 17.8 Å². The molecule has 42 heavy (non-hydrogen) atoms. The van der Waals surface area contributed by atoms with E-state index in [4.69, 9.17) is 10.8 Å². The summed E-state index contributed by atoms with van der Waals surface area (Å²) in [5.74, 6) is -6.95. The Kier molecular flexibility index (Phi) is 8.83. The van der Waals surface area contributed by atoms with Gasteiger partial charge in [0, 0.05) is 31.6 Å². The Morgan fingerprint density at radius 2 is 1.86 bits per heavy atom. The summed E-state index contributed by atoms with van der Waals surface area (Å²) in [7, 11) is 3.09. The number of halogens is 4. The maximum atomic E-state index is 13.9. The van der Waals surface area contributed by atoms with Crippen molar-refractivity contribution in [2.45, 2.75) is 43.7 Å². The lowest BCUT2D eigenvalue weighted by Crippen LogP contribution is -2.62. The Morgan fingerprint density at radius 3 is 2.43 bits per heavy atom. The number of likely N-dealkylation sites (tertiary alicyclic amines) is 1. The SMILES string of the molecule is CNC1(N(C)C(=O)c2[nH]cc(C(=N)SC(=N)Cc3ccc(F)cc3F)c(=O)c2O)CCC(C(=O)N2CC(F)(F)C2)CC1. The summed E-state index contributed by atoms with van der Waals surface area (Å²) in [4.78, 5) is 43.9. The van der Waals surface area contributed by atoms with E-state index in [1.807, 2.05) is 0 Å². The number of alkyl halides is 2. The molecule has 0 bridgehead atoms. The van der Waals surface area contributed by atoms with Crippen molar-refractivity contribution in [2.75, 3.05) is 27.2 Å². The number of aromatic amines is 1. The Bertz CT molecular complexity index is 1480. The van der Waals surface area contributed by atoms with Gasteiger partial charge in [0.15, 0.2) is 11.4 Å². The van der Waals surface area contributed by atoms with E-state index in [-0.39, 0.29) is 28.5 Å².